The van der Waals surface area contributed by atoms with Crippen LogP contribution in [0.3, 0.4) is 0 Å². The van der Waals surface area contributed by atoms with Crippen molar-refractivity contribution in [1.29, 1.82) is 0 Å². The fourth-order valence-electron chi connectivity index (χ4n) is 2.55. The van der Waals surface area contributed by atoms with E-state index < -0.39 is 5.91 Å². The van der Waals surface area contributed by atoms with Crippen LogP contribution in [0.4, 0.5) is 0 Å². The molecule has 0 bridgehead atoms. The summed E-state index contributed by atoms with van der Waals surface area (Å²) in [6.07, 6.45) is 8.06. The molecule has 24 heavy (non-hydrogen) atoms. The molecule has 1 aliphatic carbocycles. The van der Waals surface area contributed by atoms with Crippen LogP contribution in [0, 0.1) is 5.92 Å². The number of hydrazine groups is 1. The summed E-state index contributed by atoms with van der Waals surface area (Å²) in [6.45, 7) is 0. The van der Waals surface area contributed by atoms with Crippen LogP contribution in [0.15, 0.2) is 30.3 Å². The Balaban J connectivity index is 1.74. The molecule has 5 nitrogen and oxygen atoms in total. The van der Waals surface area contributed by atoms with Gasteiger partial charge in [-0.1, -0.05) is 49.1 Å². The molecule has 0 radical (unpaired) electrons. The summed E-state index contributed by atoms with van der Waals surface area (Å²) < 4.78 is 0. The van der Waals surface area contributed by atoms with Gasteiger partial charge in [0, 0.05) is 17.0 Å². The molecule has 128 valence electrons. The Hall–Kier alpha value is -1.92. The average molecular weight is 366 g/mol. The maximum Gasteiger partial charge on any atom is 0.250 e. The van der Waals surface area contributed by atoms with Crippen molar-refractivity contribution in [2.45, 2.75) is 32.1 Å². The van der Waals surface area contributed by atoms with Gasteiger partial charge in [0.2, 0.25) is 11.8 Å². The van der Waals surface area contributed by atoms with Crippen molar-refractivity contribution in [3.8, 4) is 0 Å². The maximum absolute atomic E-state index is 12.0. The lowest BCUT2D eigenvalue weighted by Crippen LogP contribution is -2.50. The Bertz CT molecular complexity index is 642. The van der Waals surface area contributed by atoms with Gasteiger partial charge in [0.1, 0.15) is 0 Å². The van der Waals surface area contributed by atoms with Crippen molar-refractivity contribution < 1.29 is 9.59 Å². The molecule has 7 heteroatoms. The van der Waals surface area contributed by atoms with E-state index in [0.29, 0.717) is 5.02 Å². The summed E-state index contributed by atoms with van der Waals surface area (Å²) in [7, 11) is 0. The molecule has 2 amide bonds. The lowest BCUT2D eigenvalue weighted by molar-refractivity contribution is -0.126. The van der Waals surface area contributed by atoms with Gasteiger partial charge in [-0.3, -0.25) is 25.8 Å². The quantitative estimate of drug-likeness (QED) is 0.437. The van der Waals surface area contributed by atoms with E-state index in [2.05, 4.69) is 16.2 Å². The van der Waals surface area contributed by atoms with Crippen LogP contribution in [0.1, 0.15) is 37.7 Å². The molecule has 0 saturated heterocycles. The van der Waals surface area contributed by atoms with Gasteiger partial charge in [-0.2, -0.15) is 0 Å². The normalized spacial score (nSPS) is 15.0. The molecular formula is C17H20ClN3O2S. The van der Waals surface area contributed by atoms with Gasteiger partial charge in [0.05, 0.1) is 0 Å². The number of carbonyl (C=O) groups excluding carboxylic acids is 2. The maximum atomic E-state index is 12.0. The number of halogens is 1. The van der Waals surface area contributed by atoms with Gasteiger partial charge >= 0.3 is 0 Å². The lowest BCUT2D eigenvalue weighted by atomic mass is 9.89. The first kappa shape index (κ1) is 18.4. The first-order valence-electron chi connectivity index (χ1n) is 7.89. The number of nitrogens with one attached hydrogen (secondary N) is 3. The third-order valence-corrected chi connectivity index (χ3v) is 4.38. The highest BCUT2D eigenvalue weighted by atomic mass is 35.5. The molecular weight excluding hydrogens is 346 g/mol. The molecule has 1 aromatic carbocycles. The number of hydrogen-bond acceptors (Lipinski definition) is 3. The van der Waals surface area contributed by atoms with Crippen molar-refractivity contribution in [2.75, 3.05) is 0 Å². The van der Waals surface area contributed by atoms with E-state index in [1.807, 2.05) is 12.1 Å². The number of benzene rings is 1. The summed E-state index contributed by atoms with van der Waals surface area (Å²) in [6, 6.07) is 7.18. The molecule has 1 saturated carbocycles. The molecule has 1 aromatic rings. The highest BCUT2D eigenvalue weighted by Crippen LogP contribution is 2.23. The Morgan fingerprint density at radius 2 is 1.83 bits per heavy atom. The number of thiocarbonyl (C=S) groups is 1. The lowest BCUT2D eigenvalue weighted by Gasteiger charge is -2.21. The highest BCUT2D eigenvalue weighted by molar-refractivity contribution is 7.80. The van der Waals surface area contributed by atoms with Crippen molar-refractivity contribution in [3.63, 3.8) is 0 Å². The van der Waals surface area contributed by atoms with Crippen LogP contribution >= 0.6 is 23.8 Å². The van der Waals surface area contributed by atoms with Crippen LogP contribution in [0.5, 0.6) is 0 Å². The SMILES string of the molecule is O=C(/C=C/c1ccccc1Cl)NC(=S)NNC(=O)C1CCCCC1. The Kier molecular flexibility index (Phi) is 7.21. The first-order valence-corrected chi connectivity index (χ1v) is 8.68. The van der Waals surface area contributed by atoms with Crippen molar-refractivity contribution in [2.24, 2.45) is 5.92 Å². The van der Waals surface area contributed by atoms with Gasteiger partial charge in [-0.15, -0.1) is 0 Å². The predicted molar refractivity (Wildman–Crippen MR) is 99.1 cm³/mol. The van der Waals surface area contributed by atoms with Crippen LogP contribution in [-0.2, 0) is 9.59 Å². The van der Waals surface area contributed by atoms with E-state index in [0.717, 1.165) is 31.2 Å². The van der Waals surface area contributed by atoms with E-state index >= 15 is 0 Å². The van der Waals surface area contributed by atoms with Gasteiger partial charge < -0.3 is 0 Å². The summed E-state index contributed by atoms with van der Waals surface area (Å²) >= 11 is 11.0. The minimum Gasteiger partial charge on any atom is -0.298 e. The van der Waals surface area contributed by atoms with Crippen molar-refractivity contribution >= 4 is 46.8 Å². The number of hydrogen-bond donors (Lipinski definition) is 3. The highest BCUT2D eigenvalue weighted by Gasteiger charge is 2.20. The third-order valence-electron chi connectivity index (χ3n) is 3.83. The zero-order valence-corrected chi connectivity index (χ0v) is 14.8. The monoisotopic (exact) mass is 365 g/mol. The predicted octanol–water partition coefficient (Wildman–Crippen LogP) is 2.96. The van der Waals surface area contributed by atoms with Gasteiger partial charge in [0.25, 0.3) is 0 Å². The number of carbonyl (C=O) groups is 2. The molecule has 0 aromatic heterocycles. The van der Waals surface area contributed by atoms with E-state index in [1.54, 1.807) is 18.2 Å². The van der Waals surface area contributed by atoms with E-state index in [4.69, 9.17) is 23.8 Å². The fraction of sp³-hybridized carbons (Fsp3) is 0.353. The molecule has 1 fully saturated rings. The van der Waals surface area contributed by atoms with Gasteiger partial charge in [-0.25, -0.2) is 0 Å². The number of amides is 2. The summed E-state index contributed by atoms with van der Waals surface area (Å²) in [5, 5.41) is 3.07. The molecule has 2 rings (SSSR count). The summed E-state index contributed by atoms with van der Waals surface area (Å²) in [4.78, 5) is 23.8. The van der Waals surface area contributed by atoms with Crippen LogP contribution < -0.4 is 16.2 Å². The largest absolute Gasteiger partial charge is 0.298 e. The van der Waals surface area contributed by atoms with E-state index in [9.17, 15) is 9.59 Å². The minimum absolute atomic E-state index is 0.0184. The zero-order valence-electron chi connectivity index (χ0n) is 13.2. The second-order valence-corrected chi connectivity index (χ2v) is 6.44. The summed E-state index contributed by atoms with van der Waals surface area (Å²) in [5.41, 5.74) is 5.85. The molecule has 0 unspecified atom stereocenters. The zero-order chi connectivity index (χ0) is 17.4. The molecule has 0 heterocycles. The van der Waals surface area contributed by atoms with Crippen LogP contribution in [-0.4, -0.2) is 16.9 Å². The summed E-state index contributed by atoms with van der Waals surface area (Å²) in [5.74, 6) is -0.470. The smallest absolute Gasteiger partial charge is 0.250 e. The fourth-order valence-corrected chi connectivity index (χ4v) is 2.90. The Morgan fingerprint density at radius 1 is 1.12 bits per heavy atom. The topological polar surface area (TPSA) is 70.2 Å². The first-order chi connectivity index (χ1) is 11.6. The molecule has 1 aliphatic rings. The molecule has 0 atom stereocenters. The van der Waals surface area contributed by atoms with Gasteiger partial charge in [0.15, 0.2) is 5.11 Å². The van der Waals surface area contributed by atoms with Crippen molar-refractivity contribution in [1.82, 2.24) is 16.2 Å². The van der Waals surface area contributed by atoms with E-state index in [-0.39, 0.29) is 16.9 Å². The van der Waals surface area contributed by atoms with Crippen LogP contribution in [0.2, 0.25) is 5.02 Å². The van der Waals surface area contributed by atoms with E-state index in [1.165, 1.54) is 12.5 Å². The Morgan fingerprint density at radius 3 is 2.54 bits per heavy atom. The van der Waals surface area contributed by atoms with Crippen LogP contribution in [0.25, 0.3) is 6.08 Å². The third kappa shape index (κ3) is 5.94. The second-order valence-electron chi connectivity index (χ2n) is 5.62. The Labute approximate surface area is 151 Å². The molecule has 0 aliphatic heterocycles. The number of rotatable bonds is 3. The molecule has 0 spiro atoms. The second kappa shape index (κ2) is 9.39. The minimum atomic E-state index is -0.403. The molecule has 3 N–H and O–H groups in total. The van der Waals surface area contributed by atoms with Crippen molar-refractivity contribution in [3.05, 3.63) is 40.9 Å². The standard InChI is InChI=1S/C17H20ClN3O2S/c18-14-9-5-4-6-12(14)10-11-15(22)19-17(24)21-20-16(23)13-7-2-1-3-8-13/h4-6,9-11,13H,1-3,7-8H2,(H,20,23)(H2,19,21,22,24)/b11-10+. The van der Waals surface area contributed by atoms with Gasteiger partial charge in [-0.05, 0) is 42.8 Å². The average Bonchev–Trinajstić information content (AvgIpc) is 2.59.